The molecule has 0 spiro atoms. The number of nitrogens with one attached hydrogen (secondary N) is 3. The lowest BCUT2D eigenvalue weighted by Gasteiger charge is -1.99. The second kappa shape index (κ2) is 5.30. The molecule has 0 aromatic rings. The van der Waals surface area contributed by atoms with Crippen molar-refractivity contribution < 1.29 is 19.5 Å². The predicted molar refractivity (Wildman–Crippen MR) is 50.2 cm³/mol. The number of rotatable bonds is 1. The fourth-order valence-corrected chi connectivity index (χ4v) is 1.27. The first-order valence-corrected chi connectivity index (χ1v) is 4.63. The number of hydrogen-bond donors (Lipinski definition) is 4. The number of amides is 3. The predicted octanol–water partition coefficient (Wildman–Crippen LogP) is -1.35. The molecule has 0 unspecified atom stereocenters. The zero-order valence-corrected chi connectivity index (χ0v) is 8.08. The van der Waals surface area contributed by atoms with Crippen LogP contribution >= 0.6 is 0 Å². The summed E-state index contributed by atoms with van der Waals surface area (Å²) in [5.41, 5.74) is 0. The molecule has 1 atom stereocenters. The first kappa shape index (κ1) is 11.4. The third-order valence-corrected chi connectivity index (χ3v) is 2.02. The van der Waals surface area contributed by atoms with E-state index in [4.69, 9.17) is 5.11 Å². The van der Waals surface area contributed by atoms with E-state index >= 15 is 0 Å². The van der Waals surface area contributed by atoms with Crippen LogP contribution in [-0.2, 0) is 9.59 Å². The van der Waals surface area contributed by atoms with Gasteiger partial charge in [-0.15, -0.1) is 0 Å². The van der Waals surface area contributed by atoms with E-state index in [1.54, 1.807) is 0 Å². The summed E-state index contributed by atoms with van der Waals surface area (Å²) in [7, 11) is 0. The van der Waals surface area contributed by atoms with E-state index in [-0.39, 0.29) is 18.5 Å². The zero-order chi connectivity index (χ0) is 11.3. The summed E-state index contributed by atoms with van der Waals surface area (Å²) < 4.78 is 0. The van der Waals surface area contributed by atoms with Crippen LogP contribution < -0.4 is 16.0 Å². The summed E-state index contributed by atoms with van der Waals surface area (Å²) in [5.74, 6) is -0.979. The number of hydrogen-bond acceptors (Lipinski definition) is 4. The summed E-state index contributed by atoms with van der Waals surface area (Å²) in [6.07, 6.45) is 1.78. The number of carbonyl (C=O) groups excluding carboxylic acids is 2. The molecular formula is C8H13N3O4. The Hall–Kier alpha value is -1.63. The lowest BCUT2D eigenvalue weighted by atomic mass is 10.2. The molecule has 2 aliphatic heterocycles. The number of carboxylic acids is 1. The first-order valence-electron chi connectivity index (χ1n) is 4.63. The van der Waals surface area contributed by atoms with Crippen LogP contribution in [0, 0.1) is 0 Å². The molecule has 2 rings (SSSR count). The lowest BCUT2D eigenvalue weighted by Crippen LogP contribution is -2.29. The van der Waals surface area contributed by atoms with Crippen molar-refractivity contribution in [2.45, 2.75) is 18.9 Å². The van der Waals surface area contributed by atoms with Crippen molar-refractivity contribution in [2.75, 3.05) is 13.1 Å². The number of aliphatic carboxylic acids is 1. The second-order valence-corrected chi connectivity index (χ2v) is 3.22. The highest BCUT2D eigenvalue weighted by Gasteiger charge is 2.20. The maximum absolute atomic E-state index is 10.1. The van der Waals surface area contributed by atoms with Crippen LogP contribution in [-0.4, -0.2) is 42.1 Å². The fourth-order valence-electron chi connectivity index (χ4n) is 1.27. The molecule has 0 aliphatic carbocycles. The van der Waals surface area contributed by atoms with Crippen LogP contribution in [0.3, 0.4) is 0 Å². The van der Waals surface area contributed by atoms with E-state index in [1.807, 2.05) is 5.32 Å². The molecule has 0 aromatic carbocycles. The minimum Gasteiger partial charge on any atom is -0.480 e. The minimum atomic E-state index is -0.720. The quantitative estimate of drug-likeness (QED) is 0.404. The van der Waals surface area contributed by atoms with Gasteiger partial charge in [0.1, 0.15) is 6.04 Å². The standard InChI is InChI=1S/C5H9NO2.C3H4N2O2/c7-5(8)4-2-1-3-6-4;6-2-1-4-3(7)5-2/h4,6H,1-3H2,(H,7,8);1H2,(H2,4,5,6,7)/t4-;/m0./s1. The molecule has 15 heavy (non-hydrogen) atoms. The molecule has 2 aliphatic rings. The molecule has 7 heteroatoms. The largest absolute Gasteiger partial charge is 0.480 e. The molecule has 84 valence electrons. The zero-order valence-electron chi connectivity index (χ0n) is 8.08. The molecule has 2 fully saturated rings. The fraction of sp³-hybridized carbons (Fsp3) is 0.625. The normalized spacial score (nSPS) is 23.9. The Morgan fingerprint density at radius 2 is 2.13 bits per heavy atom. The number of imide groups is 1. The molecule has 0 bridgehead atoms. The highest BCUT2D eigenvalue weighted by atomic mass is 16.4. The smallest absolute Gasteiger partial charge is 0.321 e. The molecule has 2 heterocycles. The van der Waals surface area contributed by atoms with Gasteiger partial charge in [-0.1, -0.05) is 0 Å². The van der Waals surface area contributed by atoms with E-state index in [9.17, 15) is 14.4 Å². The van der Waals surface area contributed by atoms with E-state index in [0.717, 1.165) is 19.4 Å². The monoisotopic (exact) mass is 215 g/mol. The van der Waals surface area contributed by atoms with E-state index < -0.39 is 12.0 Å². The molecule has 0 saturated carbocycles. The molecule has 4 N–H and O–H groups in total. The van der Waals surface area contributed by atoms with Crippen molar-refractivity contribution in [3.05, 3.63) is 0 Å². The van der Waals surface area contributed by atoms with Crippen LogP contribution in [0.2, 0.25) is 0 Å². The van der Waals surface area contributed by atoms with Gasteiger partial charge in [-0.25, -0.2) is 4.79 Å². The van der Waals surface area contributed by atoms with Gasteiger partial charge >= 0.3 is 12.0 Å². The molecule has 7 nitrogen and oxygen atoms in total. The summed E-state index contributed by atoms with van der Waals surface area (Å²) in [5, 5.41) is 15.5. The van der Waals surface area contributed by atoms with Crippen molar-refractivity contribution in [1.82, 2.24) is 16.0 Å². The van der Waals surface area contributed by atoms with Gasteiger partial charge in [0.2, 0.25) is 5.91 Å². The summed E-state index contributed by atoms with van der Waals surface area (Å²) in [6, 6.07) is -0.667. The van der Waals surface area contributed by atoms with Crippen LogP contribution in [0.25, 0.3) is 0 Å². The number of carboxylic acid groups (broad SMARTS) is 1. The Morgan fingerprint density at radius 3 is 2.33 bits per heavy atom. The Bertz CT molecular complexity index is 259. The van der Waals surface area contributed by atoms with Crippen LogP contribution in [0.5, 0.6) is 0 Å². The van der Waals surface area contributed by atoms with Crippen molar-refractivity contribution in [3.8, 4) is 0 Å². The van der Waals surface area contributed by atoms with E-state index in [2.05, 4.69) is 10.6 Å². The summed E-state index contributed by atoms with van der Waals surface area (Å²) >= 11 is 0. The van der Waals surface area contributed by atoms with Gasteiger partial charge in [-0.05, 0) is 19.4 Å². The molecule has 0 radical (unpaired) electrons. The van der Waals surface area contributed by atoms with Gasteiger partial charge in [0.15, 0.2) is 0 Å². The van der Waals surface area contributed by atoms with E-state index in [1.165, 1.54) is 0 Å². The number of urea groups is 1. The second-order valence-electron chi connectivity index (χ2n) is 3.22. The van der Waals surface area contributed by atoms with Gasteiger partial charge in [-0.3, -0.25) is 14.9 Å². The van der Waals surface area contributed by atoms with Crippen molar-refractivity contribution >= 4 is 17.9 Å². The average molecular weight is 215 g/mol. The molecular weight excluding hydrogens is 202 g/mol. The maximum Gasteiger partial charge on any atom is 0.321 e. The SMILES string of the molecule is O=C(O)[C@@H]1CCCN1.O=C1CNC(=O)N1. The van der Waals surface area contributed by atoms with Crippen molar-refractivity contribution in [2.24, 2.45) is 0 Å². The Labute approximate surface area is 86.2 Å². The number of carbonyl (C=O) groups is 3. The van der Waals surface area contributed by atoms with Gasteiger partial charge in [0.05, 0.1) is 6.54 Å². The van der Waals surface area contributed by atoms with Crippen molar-refractivity contribution in [3.63, 3.8) is 0 Å². The third-order valence-electron chi connectivity index (χ3n) is 2.02. The average Bonchev–Trinajstić information content (AvgIpc) is 2.77. The highest BCUT2D eigenvalue weighted by Crippen LogP contribution is 2.03. The van der Waals surface area contributed by atoms with Gasteiger partial charge in [0.25, 0.3) is 0 Å². The van der Waals surface area contributed by atoms with Crippen LogP contribution in [0.4, 0.5) is 4.79 Å². The van der Waals surface area contributed by atoms with Crippen LogP contribution in [0.15, 0.2) is 0 Å². The molecule has 3 amide bonds. The molecule has 0 aromatic heterocycles. The lowest BCUT2D eigenvalue weighted by molar-refractivity contribution is -0.139. The van der Waals surface area contributed by atoms with Crippen LogP contribution in [0.1, 0.15) is 12.8 Å². The van der Waals surface area contributed by atoms with E-state index in [0.29, 0.717) is 0 Å². The van der Waals surface area contributed by atoms with Gasteiger partial charge < -0.3 is 15.7 Å². The Kier molecular flexibility index (Phi) is 4.04. The van der Waals surface area contributed by atoms with Crippen molar-refractivity contribution in [1.29, 1.82) is 0 Å². The summed E-state index contributed by atoms with van der Waals surface area (Å²) in [4.78, 5) is 30.2. The van der Waals surface area contributed by atoms with Gasteiger partial charge in [0, 0.05) is 0 Å². The Morgan fingerprint density at radius 1 is 1.40 bits per heavy atom. The Balaban J connectivity index is 0.000000151. The van der Waals surface area contributed by atoms with Gasteiger partial charge in [-0.2, -0.15) is 0 Å². The summed E-state index contributed by atoms with van der Waals surface area (Å²) in [6.45, 7) is 0.982. The first-order chi connectivity index (χ1) is 7.09. The minimum absolute atomic E-state index is 0.124. The maximum atomic E-state index is 10.1. The molecule has 2 saturated heterocycles. The highest BCUT2D eigenvalue weighted by molar-refractivity contribution is 6.01. The topological polar surface area (TPSA) is 108 Å². The third kappa shape index (κ3) is 3.94.